The highest BCUT2D eigenvalue weighted by atomic mass is 35.5. The number of carboxylic acid groups (broad SMARTS) is 1. The molecule has 6 bridgehead atoms. The molecule has 3 aromatic carbocycles. The molecule has 9 heteroatoms. The Labute approximate surface area is 292 Å². The molecule has 2 heterocycles. The number of carbonyl (C=O) groups is 1. The number of aryl methyl sites for hydroxylation is 3. The third kappa shape index (κ3) is 7.45. The second kappa shape index (κ2) is 15.8. The highest BCUT2D eigenvalue weighted by Gasteiger charge is 2.26. The zero-order chi connectivity index (χ0) is 34.4. The van der Waals surface area contributed by atoms with E-state index in [-0.39, 0.29) is 5.69 Å². The van der Waals surface area contributed by atoms with E-state index in [0.717, 1.165) is 86.1 Å². The maximum atomic E-state index is 12.8. The molecule has 1 aliphatic rings. The molecule has 0 radical (unpaired) electrons. The summed E-state index contributed by atoms with van der Waals surface area (Å²) in [6.45, 7) is 6.95. The first-order valence-electron chi connectivity index (χ1n) is 16.4. The van der Waals surface area contributed by atoms with Gasteiger partial charge in [-0.05, 0) is 85.9 Å². The fourth-order valence-corrected chi connectivity index (χ4v) is 7.77. The van der Waals surface area contributed by atoms with Crippen LogP contribution in [0, 0.1) is 6.92 Å². The fourth-order valence-electron chi connectivity index (χ4n) is 6.62. The Kier molecular flexibility index (Phi) is 11.6. The van der Waals surface area contributed by atoms with Crippen molar-refractivity contribution in [1.29, 1.82) is 0 Å². The number of benzene rings is 3. The molecule has 0 atom stereocenters. The lowest BCUT2D eigenvalue weighted by molar-refractivity contribution is 0.0684. The van der Waals surface area contributed by atoms with Gasteiger partial charge in [0.25, 0.3) is 0 Å². The van der Waals surface area contributed by atoms with Crippen LogP contribution in [0.5, 0.6) is 5.75 Å². The number of nitrogens with zero attached hydrogens (tertiary/aromatic N) is 2. The van der Waals surface area contributed by atoms with Crippen LogP contribution in [0.2, 0.25) is 5.02 Å². The summed E-state index contributed by atoms with van der Waals surface area (Å²) in [5.74, 6) is 1.19. The predicted molar refractivity (Wildman–Crippen MR) is 204 cm³/mol. The van der Waals surface area contributed by atoms with Crippen LogP contribution in [0.25, 0.3) is 27.2 Å². The van der Waals surface area contributed by atoms with E-state index in [1.165, 1.54) is 0 Å². The Morgan fingerprint density at radius 3 is 2.71 bits per heavy atom. The van der Waals surface area contributed by atoms with Crippen molar-refractivity contribution in [2.24, 2.45) is 10.7 Å². The summed E-state index contributed by atoms with van der Waals surface area (Å²) in [4.78, 5) is 17.4. The second-order valence-electron chi connectivity index (χ2n) is 12.1. The molecule has 1 aliphatic heterocycles. The van der Waals surface area contributed by atoms with Crippen LogP contribution in [0.15, 0.2) is 82.6 Å². The third-order valence-corrected chi connectivity index (χ3v) is 10.3. The van der Waals surface area contributed by atoms with Crippen LogP contribution in [0.1, 0.15) is 60.3 Å². The number of ether oxygens (including phenoxy) is 1. The topological polar surface area (TPSA) is 102 Å². The standard InChI is InChI=1S/C39H45ClN4O3S/c1-6-10-28-22-48-23-29(41)21-30(43-5)14-13-26-19-27-11-7-8-12-31(27)34(20-26)47-18-9-17-44-33-16-15-32(40)37(36(28)25(3)42-4)35(33)24(2)38(44)39(45)46/h7-8,10-12,15-16,19-21,42H,6,9,13-14,17-18,22-23,41H2,1-5H3,(H,45,46)/b28-10+,29-21?,36-25+,43-30?. The molecule has 252 valence electrons. The first kappa shape index (κ1) is 35.2. The average molecular weight is 685 g/mol. The first-order chi connectivity index (χ1) is 23.2. The van der Waals surface area contributed by atoms with E-state index in [0.29, 0.717) is 41.7 Å². The molecule has 0 fully saturated rings. The van der Waals surface area contributed by atoms with E-state index >= 15 is 0 Å². The summed E-state index contributed by atoms with van der Waals surface area (Å²) in [5, 5.41) is 17.4. The van der Waals surface area contributed by atoms with Gasteiger partial charge in [0.2, 0.25) is 0 Å². The van der Waals surface area contributed by atoms with Crippen molar-refractivity contribution in [3.63, 3.8) is 0 Å². The summed E-state index contributed by atoms with van der Waals surface area (Å²) in [6, 6.07) is 16.4. The predicted octanol–water partition coefficient (Wildman–Crippen LogP) is 8.80. The van der Waals surface area contributed by atoms with Gasteiger partial charge in [0, 0.05) is 81.7 Å². The van der Waals surface area contributed by atoms with Crippen molar-refractivity contribution >= 4 is 62.3 Å². The van der Waals surface area contributed by atoms with Gasteiger partial charge in [-0.1, -0.05) is 54.9 Å². The highest BCUT2D eigenvalue weighted by Crippen LogP contribution is 2.42. The third-order valence-electron chi connectivity index (χ3n) is 8.90. The van der Waals surface area contributed by atoms with Crippen LogP contribution < -0.4 is 15.8 Å². The zero-order valence-corrected chi connectivity index (χ0v) is 30.0. The molecule has 5 rings (SSSR count). The van der Waals surface area contributed by atoms with Crippen LogP contribution >= 0.6 is 23.4 Å². The molecule has 7 nitrogen and oxygen atoms in total. The van der Waals surface area contributed by atoms with Crippen LogP contribution in [-0.2, 0) is 13.0 Å². The number of nitrogens with one attached hydrogen (secondary N) is 1. The first-order valence-corrected chi connectivity index (χ1v) is 18.0. The maximum Gasteiger partial charge on any atom is 0.352 e. The van der Waals surface area contributed by atoms with E-state index in [9.17, 15) is 9.90 Å². The summed E-state index contributed by atoms with van der Waals surface area (Å²) < 4.78 is 8.35. The summed E-state index contributed by atoms with van der Waals surface area (Å²) >= 11 is 8.80. The van der Waals surface area contributed by atoms with Crippen molar-refractivity contribution < 1.29 is 14.6 Å². The fraction of sp³-hybridized carbons (Fsp3) is 0.333. The smallest absolute Gasteiger partial charge is 0.352 e. The SMILES string of the molecule is CC/C=C1\CSCC(N)=CC(=NC)CCc2cc(c3ccccc3c2)OCCCn2c(C(=O)O)c(C)c3c(c(Cl)ccc32)\C1=C(/C)NC. The highest BCUT2D eigenvalue weighted by molar-refractivity contribution is 7.99. The number of fused-ring (bicyclic) bond motifs is 4. The lowest BCUT2D eigenvalue weighted by atomic mass is 9.91. The van der Waals surface area contributed by atoms with Gasteiger partial charge in [-0.15, -0.1) is 0 Å². The second-order valence-corrected chi connectivity index (χ2v) is 13.5. The molecule has 0 saturated carbocycles. The van der Waals surface area contributed by atoms with E-state index in [1.54, 1.807) is 11.8 Å². The molecule has 4 N–H and O–H groups in total. The minimum atomic E-state index is -0.965. The lowest BCUT2D eigenvalue weighted by Gasteiger charge is -2.20. The van der Waals surface area contributed by atoms with E-state index in [4.69, 9.17) is 22.1 Å². The number of hydrogen-bond acceptors (Lipinski definition) is 6. The van der Waals surface area contributed by atoms with E-state index in [2.05, 4.69) is 47.6 Å². The molecule has 0 spiro atoms. The van der Waals surface area contributed by atoms with Crippen molar-refractivity contribution in [3.8, 4) is 5.75 Å². The molecule has 0 aliphatic carbocycles. The number of aliphatic imine (C=N–C) groups is 1. The zero-order valence-electron chi connectivity index (χ0n) is 28.5. The minimum Gasteiger partial charge on any atom is -0.493 e. The lowest BCUT2D eigenvalue weighted by Crippen LogP contribution is -2.12. The molecular weight excluding hydrogens is 640 g/mol. The Hall–Kier alpha value is -4.14. The van der Waals surface area contributed by atoms with Gasteiger partial charge >= 0.3 is 5.97 Å². The van der Waals surface area contributed by atoms with Gasteiger partial charge < -0.3 is 25.5 Å². The molecule has 4 aromatic rings. The quantitative estimate of drug-likeness (QED) is 0.199. The molecular formula is C39H45ClN4O3S. The summed E-state index contributed by atoms with van der Waals surface area (Å²) in [6.07, 6.45) is 7.23. The number of thioether (sulfide) groups is 1. The van der Waals surface area contributed by atoms with Gasteiger partial charge in [0.15, 0.2) is 0 Å². The van der Waals surface area contributed by atoms with Gasteiger partial charge in [0.1, 0.15) is 11.4 Å². The molecule has 0 unspecified atom stereocenters. The number of halogens is 1. The Balaban J connectivity index is 1.67. The number of aromatic carboxylic acids is 1. The number of hydrogen-bond donors (Lipinski definition) is 3. The van der Waals surface area contributed by atoms with E-state index in [1.807, 2.05) is 62.9 Å². The average Bonchev–Trinajstić information content (AvgIpc) is 3.36. The van der Waals surface area contributed by atoms with E-state index < -0.39 is 5.97 Å². The molecule has 0 amide bonds. The Bertz CT molecular complexity index is 1970. The number of allylic oxidation sites excluding steroid dienone is 4. The monoisotopic (exact) mass is 684 g/mol. The Morgan fingerprint density at radius 1 is 1.19 bits per heavy atom. The largest absolute Gasteiger partial charge is 0.493 e. The number of carboxylic acids is 1. The van der Waals surface area contributed by atoms with Crippen molar-refractivity contribution in [2.45, 2.75) is 53.0 Å². The van der Waals surface area contributed by atoms with Gasteiger partial charge in [-0.3, -0.25) is 4.99 Å². The number of rotatable bonds is 3. The van der Waals surface area contributed by atoms with Crippen molar-refractivity contribution in [3.05, 3.63) is 105 Å². The molecule has 1 aromatic heterocycles. The minimum absolute atomic E-state index is 0.270. The number of aromatic nitrogens is 1. The Morgan fingerprint density at radius 2 is 1.98 bits per heavy atom. The van der Waals surface area contributed by atoms with Gasteiger partial charge in [-0.25, -0.2) is 4.79 Å². The van der Waals surface area contributed by atoms with Gasteiger partial charge in [0.05, 0.1) is 6.61 Å². The molecule has 0 saturated heterocycles. The maximum absolute atomic E-state index is 12.8. The van der Waals surface area contributed by atoms with Crippen LogP contribution in [-0.4, -0.2) is 53.6 Å². The molecule has 48 heavy (non-hydrogen) atoms. The normalized spacial score (nSPS) is 18.1. The van der Waals surface area contributed by atoms with Crippen molar-refractivity contribution in [2.75, 3.05) is 32.2 Å². The summed E-state index contributed by atoms with van der Waals surface area (Å²) in [7, 11) is 3.72. The van der Waals surface area contributed by atoms with Crippen molar-refractivity contribution in [1.82, 2.24) is 9.88 Å². The van der Waals surface area contributed by atoms with Crippen LogP contribution in [0.4, 0.5) is 0 Å². The summed E-state index contributed by atoms with van der Waals surface area (Å²) in [5.41, 5.74) is 15.2. The number of nitrogens with two attached hydrogens (primary N) is 1. The van der Waals surface area contributed by atoms with Crippen LogP contribution in [0.3, 0.4) is 0 Å². The van der Waals surface area contributed by atoms with Gasteiger partial charge in [-0.2, -0.15) is 11.8 Å².